The van der Waals surface area contributed by atoms with Crippen LogP contribution in [0.3, 0.4) is 0 Å². The van der Waals surface area contributed by atoms with Gasteiger partial charge in [0.1, 0.15) is 0 Å². The molecule has 0 aromatic carbocycles. The fourth-order valence-electron chi connectivity index (χ4n) is 2.74. The standard InChI is InChI=1S/C14H28N2O2/c1-11(2)6-13(8-15)7-14(17)16-5-4-12(9-16)10-18-3/h11-13H,4-10,15H2,1-3H3/t12?,13-/m0/s1. The Balaban J connectivity index is 2.36. The molecule has 0 aliphatic carbocycles. The topological polar surface area (TPSA) is 55.6 Å². The molecule has 1 heterocycles. The van der Waals surface area contributed by atoms with E-state index in [-0.39, 0.29) is 5.91 Å². The third-order valence-electron chi connectivity index (χ3n) is 3.64. The van der Waals surface area contributed by atoms with Crippen molar-refractivity contribution in [2.75, 3.05) is 33.4 Å². The predicted octanol–water partition coefficient (Wildman–Crippen LogP) is 1.49. The summed E-state index contributed by atoms with van der Waals surface area (Å²) >= 11 is 0. The molecule has 0 saturated carbocycles. The van der Waals surface area contributed by atoms with Gasteiger partial charge < -0.3 is 15.4 Å². The average molecular weight is 256 g/mol. The van der Waals surface area contributed by atoms with Gasteiger partial charge in [-0.15, -0.1) is 0 Å². The molecule has 1 rings (SSSR count). The Bertz CT molecular complexity index is 256. The van der Waals surface area contributed by atoms with Crippen LogP contribution in [0, 0.1) is 17.8 Å². The van der Waals surface area contributed by atoms with E-state index in [2.05, 4.69) is 13.8 Å². The van der Waals surface area contributed by atoms with Crippen LogP contribution in [0.15, 0.2) is 0 Å². The average Bonchev–Trinajstić information content (AvgIpc) is 2.76. The van der Waals surface area contributed by atoms with E-state index in [0.29, 0.717) is 30.7 Å². The van der Waals surface area contributed by atoms with Crippen LogP contribution in [-0.4, -0.2) is 44.2 Å². The predicted molar refractivity (Wildman–Crippen MR) is 73.2 cm³/mol. The van der Waals surface area contributed by atoms with Crippen molar-refractivity contribution >= 4 is 5.91 Å². The highest BCUT2D eigenvalue weighted by Gasteiger charge is 2.27. The molecule has 0 aromatic heterocycles. The number of carbonyl (C=O) groups excluding carboxylic acids is 1. The van der Waals surface area contributed by atoms with Gasteiger partial charge in [0.15, 0.2) is 0 Å². The van der Waals surface area contributed by atoms with Gasteiger partial charge >= 0.3 is 0 Å². The van der Waals surface area contributed by atoms with Crippen molar-refractivity contribution in [1.29, 1.82) is 0 Å². The minimum Gasteiger partial charge on any atom is -0.384 e. The first-order valence-corrected chi connectivity index (χ1v) is 7.03. The van der Waals surface area contributed by atoms with Crippen LogP contribution >= 0.6 is 0 Å². The Morgan fingerprint density at radius 1 is 1.50 bits per heavy atom. The van der Waals surface area contributed by atoms with Crippen molar-refractivity contribution in [2.45, 2.75) is 33.1 Å². The Hall–Kier alpha value is -0.610. The highest BCUT2D eigenvalue weighted by atomic mass is 16.5. The minimum atomic E-state index is 0.268. The molecule has 4 heteroatoms. The zero-order valence-corrected chi connectivity index (χ0v) is 12.0. The van der Waals surface area contributed by atoms with Crippen molar-refractivity contribution in [3.8, 4) is 0 Å². The van der Waals surface area contributed by atoms with Gasteiger partial charge in [0.2, 0.25) is 5.91 Å². The molecule has 4 nitrogen and oxygen atoms in total. The number of carbonyl (C=O) groups is 1. The molecule has 0 aromatic rings. The largest absolute Gasteiger partial charge is 0.384 e. The molecule has 0 bridgehead atoms. The quantitative estimate of drug-likeness (QED) is 0.751. The highest BCUT2D eigenvalue weighted by Crippen LogP contribution is 2.20. The number of ether oxygens (including phenoxy) is 1. The van der Waals surface area contributed by atoms with Gasteiger partial charge in [0.25, 0.3) is 0 Å². The summed E-state index contributed by atoms with van der Waals surface area (Å²) in [5.74, 6) is 1.72. The molecule has 2 atom stereocenters. The van der Waals surface area contributed by atoms with Crippen molar-refractivity contribution in [3.63, 3.8) is 0 Å². The number of rotatable bonds is 7. The molecule has 1 unspecified atom stereocenters. The molecule has 1 aliphatic rings. The zero-order valence-electron chi connectivity index (χ0n) is 12.0. The third kappa shape index (κ3) is 4.94. The normalized spacial score (nSPS) is 21.6. The maximum atomic E-state index is 12.2. The molecule has 0 radical (unpaired) electrons. The molecular formula is C14H28N2O2. The molecule has 106 valence electrons. The Kier molecular flexibility index (Phi) is 6.65. The lowest BCUT2D eigenvalue weighted by Crippen LogP contribution is -2.32. The second-order valence-corrected chi connectivity index (χ2v) is 5.89. The minimum absolute atomic E-state index is 0.268. The molecule has 1 saturated heterocycles. The van der Waals surface area contributed by atoms with Gasteiger partial charge in [-0.05, 0) is 31.2 Å². The second kappa shape index (κ2) is 7.74. The number of amides is 1. The van der Waals surface area contributed by atoms with E-state index in [1.165, 1.54) is 0 Å². The van der Waals surface area contributed by atoms with E-state index >= 15 is 0 Å². The first kappa shape index (κ1) is 15.4. The van der Waals surface area contributed by atoms with Crippen molar-refractivity contribution < 1.29 is 9.53 Å². The second-order valence-electron chi connectivity index (χ2n) is 5.89. The van der Waals surface area contributed by atoms with Gasteiger partial charge in [-0.25, -0.2) is 0 Å². The summed E-state index contributed by atoms with van der Waals surface area (Å²) < 4.78 is 5.15. The lowest BCUT2D eigenvalue weighted by atomic mass is 9.94. The summed E-state index contributed by atoms with van der Waals surface area (Å²) in [6.45, 7) is 7.46. The molecule has 18 heavy (non-hydrogen) atoms. The van der Waals surface area contributed by atoms with E-state index in [0.717, 1.165) is 32.5 Å². The van der Waals surface area contributed by atoms with Gasteiger partial charge in [-0.2, -0.15) is 0 Å². The van der Waals surface area contributed by atoms with E-state index in [9.17, 15) is 4.79 Å². The lowest BCUT2D eigenvalue weighted by molar-refractivity contribution is -0.131. The first-order chi connectivity index (χ1) is 8.56. The van der Waals surface area contributed by atoms with Crippen molar-refractivity contribution in [2.24, 2.45) is 23.5 Å². The van der Waals surface area contributed by atoms with Crippen molar-refractivity contribution in [1.82, 2.24) is 4.90 Å². The van der Waals surface area contributed by atoms with Crippen LogP contribution in [0.1, 0.15) is 33.1 Å². The number of methoxy groups -OCH3 is 1. The fraction of sp³-hybridized carbons (Fsp3) is 0.929. The van der Waals surface area contributed by atoms with Gasteiger partial charge in [0, 0.05) is 32.5 Å². The maximum absolute atomic E-state index is 12.2. The van der Waals surface area contributed by atoms with E-state index in [1.807, 2.05) is 4.90 Å². The van der Waals surface area contributed by atoms with Crippen LogP contribution < -0.4 is 5.73 Å². The van der Waals surface area contributed by atoms with E-state index in [1.54, 1.807) is 7.11 Å². The van der Waals surface area contributed by atoms with Crippen LogP contribution in [0.25, 0.3) is 0 Å². The summed E-state index contributed by atoms with van der Waals surface area (Å²) in [7, 11) is 1.72. The maximum Gasteiger partial charge on any atom is 0.222 e. The summed E-state index contributed by atoms with van der Waals surface area (Å²) in [6, 6.07) is 0. The summed E-state index contributed by atoms with van der Waals surface area (Å²) in [5, 5.41) is 0. The number of hydrogen-bond donors (Lipinski definition) is 1. The number of likely N-dealkylation sites (tertiary alicyclic amines) is 1. The van der Waals surface area contributed by atoms with Crippen LogP contribution in [0.2, 0.25) is 0 Å². The summed E-state index contributed by atoms with van der Waals surface area (Å²) in [5.41, 5.74) is 5.75. The van der Waals surface area contributed by atoms with Gasteiger partial charge in [0.05, 0.1) is 6.61 Å². The molecule has 1 amide bonds. The molecule has 0 spiro atoms. The molecule has 2 N–H and O–H groups in total. The Morgan fingerprint density at radius 2 is 2.22 bits per heavy atom. The molecule has 1 fully saturated rings. The number of nitrogens with two attached hydrogens (primary N) is 1. The number of nitrogens with zero attached hydrogens (tertiary/aromatic N) is 1. The van der Waals surface area contributed by atoms with E-state index < -0.39 is 0 Å². The van der Waals surface area contributed by atoms with Crippen LogP contribution in [-0.2, 0) is 9.53 Å². The molecular weight excluding hydrogens is 228 g/mol. The van der Waals surface area contributed by atoms with Gasteiger partial charge in [-0.1, -0.05) is 13.8 Å². The lowest BCUT2D eigenvalue weighted by Gasteiger charge is -2.21. The van der Waals surface area contributed by atoms with Gasteiger partial charge in [-0.3, -0.25) is 4.79 Å². The van der Waals surface area contributed by atoms with Crippen LogP contribution in [0.5, 0.6) is 0 Å². The summed E-state index contributed by atoms with van der Waals surface area (Å²) in [4.78, 5) is 14.2. The Morgan fingerprint density at radius 3 is 2.78 bits per heavy atom. The van der Waals surface area contributed by atoms with E-state index in [4.69, 9.17) is 10.5 Å². The highest BCUT2D eigenvalue weighted by molar-refractivity contribution is 5.76. The Labute approximate surface area is 111 Å². The smallest absolute Gasteiger partial charge is 0.222 e. The molecule has 1 aliphatic heterocycles. The van der Waals surface area contributed by atoms with Crippen LogP contribution in [0.4, 0.5) is 0 Å². The summed E-state index contributed by atoms with van der Waals surface area (Å²) in [6.07, 6.45) is 2.71. The third-order valence-corrected chi connectivity index (χ3v) is 3.64. The number of hydrogen-bond acceptors (Lipinski definition) is 3. The first-order valence-electron chi connectivity index (χ1n) is 7.03. The SMILES string of the molecule is COCC1CCN(C(=O)C[C@@H](CN)CC(C)C)C1. The van der Waals surface area contributed by atoms with Crippen molar-refractivity contribution in [3.05, 3.63) is 0 Å². The zero-order chi connectivity index (χ0) is 13.5. The fourth-order valence-corrected chi connectivity index (χ4v) is 2.74. The monoisotopic (exact) mass is 256 g/mol.